The highest BCUT2D eigenvalue weighted by Gasteiger charge is 2.27. The van der Waals surface area contributed by atoms with Crippen LogP contribution in [-0.4, -0.2) is 67.5 Å². The van der Waals surface area contributed by atoms with E-state index < -0.39 is 0 Å². The second kappa shape index (κ2) is 10.0. The monoisotopic (exact) mass is 438 g/mol. The molecular weight excluding hydrogens is 408 g/mol. The molecule has 0 saturated carbocycles. The van der Waals surface area contributed by atoms with Gasteiger partial charge >= 0.3 is 0 Å². The van der Waals surface area contributed by atoms with Gasteiger partial charge in [0.05, 0.1) is 27.4 Å². The second-order valence-electron chi connectivity index (χ2n) is 7.79. The summed E-state index contributed by atoms with van der Waals surface area (Å²) in [5, 5.41) is 8.53. The third-order valence-electron chi connectivity index (χ3n) is 5.95. The van der Waals surface area contributed by atoms with Crippen LogP contribution in [0.1, 0.15) is 24.4 Å². The van der Waals surface area contributed by atoms with Crippen LogP contribution in [0.15, 0.2) is 46.9 Å². The summed E-state index contributed by atoms with van der Waals surface area (Å²) >= 11 is 0. The molecule has 1 atom stereocenters. The number of ether oxygens (including phenoxy) is 3. The summed E-state index contributed by atoms with van der Waals surface area (Å²) in [6.07, 6.45) is 0. The number of aromatic nitrogens is 2. The normalized spacial score (nSPS) is 16.0. The highest BCUT2D eigenvalue weighted by Crippen LogP contribution is 2.40. The topological polar surface area (TPSA) is 73.1 Å². The molecule has 8 heteroatoms. The van der Waals surface area contributed by atoms with Gasteiger partial charge in [0.15, 0.2) is 11.5 Å². The maximum Gasteiger partial charge on any atom is 0.247 e. The van der Waals surface area contributed by atoms with Crippen molar-refractivity contribution in [3.05, 3.63) is 53.9 Å². The van der Waals surface area contributed by atoms with Crippen LogP contribution in [0.4, 0.5) is 0 Å². The largest absolute Gasteiger partial charge is 0.493 e. The molecule has 0 bridgehead atoms. The zero-order chi connectivity index (χ0) is 22.5. The van der Waals surface area contributed by atoms with E-state index in [4.69, 9.17) is 18.6 Å². The fourth-order valence-electron chi connectivity index (χ4n) is 4.09. The Morgan fingerprint density at radius 2 is 1.59 bits per heavy atom. The van der Waals surface area contributed by atoms with Crippen LogP contribution in [-0.2, 0) is 6.54 Å². The van der Waals surface area contributed by atoms with E-state index in [0.29, 0.717) is 23.3 Å². The summed E-state index contributed by atoms with van der Waals surface area (Å²) in [6, 6.07) is 13.9. The molecule has 0 amide bonds. The SMILES string of the molecule is COc1ccc(CN2CCN(C(C)c3nnc(-c4ccccc4)o3)CC2)c(OC)c1OC. The molecule has 1 aliphatic heterocycles. The summed E-state index contributed by atoms with van der Waals surface area (Å²) in [6.45, 7) is 6.60. The number of piperazine rings is 1. The summed E-state index contributed by atoms with van der Waals surface area (Å²) in [7, 11) is 4.92. The molecule has 1 aliphatic rings. The summed E-state index contributed by atoms with van der Waals surface area (Å²) < 4.78 is 22.5. The quantitative estimate of drug-likeness (QED) is 0.528. The average Bonchev–Trinajstić information content (AvgIpc) is 3.34. The van der Waals surface area contributed by atoms with Gasteiger partial charge in [0.1, 0.15) is 0 Å². The summed E-state index contributed by atoms with van der Waals surface area (Å²) in [5.74, 6) is 3.24. The lowest BCUT2D eigenvalue weighted by atomic mass is 10.1. The maximum atomic E-state index is 5.97. The van der Waals surface area contributed by atoms with E-state index in [9.17, 15) is 0 Å². The molecule has 0 spiro atoms. The fourth-order valence-corrected chi connectivity index (χ4v) is 4.09. The van der Waals surface area contributed by atoms with E-state index >= 15 is 0 Å². The maximum absolute atomic E-state index is 5.97. The van der Waals surface area contributed by atoms with Crippen LogP contribution in [0.3, 0.4) is 0 Å². The smallest absolute Gasteiger partial charge is 0.247 e. The number of rotatable bonds is 8. The molecule has 3 aromatic rings. The van der Waals surface area contributed by atoms with Gasteiger partial charge in [0, 0.05) is 43.9 Å². The van der Waals surface area contributed by atoms with Gasteiger partial charge in [-0.3, -0.25) is 9.80 Å². The first kappa shape index (κ1) is 22.1. The minimum absolute atomic E-state index is 0.0673. The molecule has 32 heavy (non-hydrogen) atoms. The fraction of sp³-hybridized carbons (Fsp3) is 0.417. The molecule has 1 saturated heterocycles. The summed E-state index contributed by atoms with van der Waals surface area (Å²) in [5.41, 5.74) is 2.02. The minimum Gasteiger partial charge on any atom is -0.493 e. The first-order valence-electron chi connectivity index (χ1n) is 10.8. The third kappa shape index (κ3) is 4.56. The van der Waals surface area contributed by atoms with Gasteiger partial charge in [-0.2, -0.15) is 0 Å². The van der Waals surface area contributed by atoms with Crippen molar-refractivity contribution in [1.29, 1.82) is 0 Å². The van der Waals surface area contributed by atoms with Gasteiger partial charge in [-0.05, 0) is 25.1 Å². The highest BCUT2D eigenvalue weighted by atomic mass is 16.5. The van der Waals surface area contributed by atoms with Crippen molar-refractivity contribution in [2.75, 3.05) is 47.5 Å². The van der Waals surface area contributed by atoms with Crippen molar-refractivity contribution in [3.8, 4) is 28.7 Å². The van der Waals surface area contributed by atoms with Crippen LogP contribution >= 0.6 is 0 Å². The predicted molar refractivity (Wildman–Crippen MR) is 121 cm³/mol. The van der Waals surface area contributed by atoms with Gasteiger partial charge in [0.2, 0.25) is 17.5 Å². The van der Waals surface area contributed by atoms with Crippen LogP contribution in [0.5, 0.6) is 17.2 Å². The molecule has 0 N–H and O–H groups in total. The Labute approximate surface area is 188 Å². The number of hydrogen-bond donors (Lipinski definition) is 0. The van der Waals surface area contributed by atoms with Crippen LogP contribution < -0.4 is 14.2 Å². The van der Waals surface area contributed by atoms with Crippen LogP contribution in [0.25, 0.3) is 11.5 Å². The Morgan fingerprint density at radius 3 is 2.25 bits per heavy atom. The Balaban J connectivity index is 1.38. The molecule has 170 valence electrons. The molecule has 8 nitrogen and oxygen atoms in total. The molecule has 4 rings (SSSR count). The minimum atomic E-state index is 0.0673. The van der Waals surface area contributed by atoms with E-state index in [0.717, 1.165) is 49.6 Å². The number of hydrogen-bond acceptors (Lipinski definition) is 8. The predicted octanol–water partition coefficient (Wildman–Crippen LogP) is 3.64. The van der Waals surface area contributed by atoms with Crippen molar-refractivity contribution in [2.24, 2.45) is 0 Å². The van der Waals surface area contributed by atoms with Crippen molar-refractivity contribution >= 4 is 0 Å². The first-order valence-corrected chi connectivity index (χ1v) is 10.8. The zero-order valence-corrected chi connectivity index (χ0v) is 19.1. The van der Waals surface area contributed by atoms with Gasteiger partial charge < -0.3 is 18.6 Å². The van der Waals surface area contributed by atoms with E-state index in [2.05, 4.69) is 26.9 Å². The Kier molecular flexibility index (Phi) is 6.92. The van der Waals surface area contributed by atoms with Gasteiger partial charge in [-0.25, -0.2) is 0 Å². The van der Waals surface area contributed by atoms with Crippen molar-refractivity contribution in [2.45, 2.75) is 19.5 Å². The number of benzene rings is 2. The van der Waals surface area contributed by atoms with Crippen LogP contribution in [0, 0.1) is 0 Å². The lowest BCUT2D eigenvalue weighted by Gasteiger charge is -2.37. The molecule has 1 unspecified atom stereocenters. The van der Waals surface area contributed by atoms with E-state index in [1.807, 2.05) is 42.5 Å². The van der Waals surface area contributed by atoms with Gasteiger partial charge in [-0.15, -0.1) is 10.2 Å². The number of methoxy groups -OCH3 is 3. The standard InChI is InChI=1S/C24H30N4O4/c1-17(23-25-26-24(32-23)18-8-6-5-7-9-18)28-14-12-27(13-15-28)16-19-10-11-20(29-2)22(31-4)21(19)30-3/h5-11,17H,12-16H2,1-4H3. The first-order chi connectivity index (χ1) is 15.6. The Bertz CT molecular complexity index is 1020. The lowest BCUT2D eigenvalue weighted by molar-refractivity contribution is 0.0870. The van der Waals surface area contributed by atoms with E-state index in [1.165, 1.54) is 0 Å². The molecule has 1 fully saturated rings. The Morgan fingerprint density at radius 1 is 0.875 bits per heavy atom. The summed E-state index contributed by atoms with van der Waals surface area (Å²) in [4.78, 5) is 4.79. The lowest BCUT2D eigenvalue weighted by Crippen LogP contribution is -2.46. The molecular formula is C24H30N4O4. The molecule has 2 heterocycles. The molecule has 0 radical (unpaired) electrons. The average molecular weight is 439 g/mol. The van der Waals surface area contributed by atoms with Crippen molar-refractivity contribution in [3.63, 3.8) is 0 Å². The highest BCUT2D eigenvalue weighted by molar-refractivity contribution is 5.55. The Hall–Kier alpha value is -3.10. The van der Waals surface area contributed by atoms with Crippen molar-refractivity contribution in [1.82, 2.24) is 20.0 Å². The number of nitrogens with zero attached hydrogens (tertiary/aromatic N) is 4. The van der Waals surface area contributed by atoms with E-state index in [-0.39, 0.29) is 6.04 Å². The second-order valence-corrected chi connectivity index (χ2v) is 7.79. The van der Waals surface area contributed by atoms with Gasteiger partial charge in [0.25, 0.3) is 0 Å². The third-order valence-corrected chi connectivity index (χ3v) is 5.95. The molecule has 0 aliphatic carbocycles. The molecule has 2 aromatic carbocycles. The van der Waals surface area contributed by atoms with Crippen LogP contribution in [0.2, 0.25) is 0 Å². The zero-order valence-electron chi connectivity index (χ0n) is 19.1. The molecule has 1 aromatic heterocycles. The van der Waals surface area contributed by atoms with Crippen molar-refractivity contribution < 1.29 is 18.6 Å². The van der Waals surface area contributed by atoms with E-state index in [1.54, 1.807) is 21.3 Å². The van der Waals surface area contributed by atoms with Gasteiger partial charge in [-0.1, -0.05) is 24.3 Å².